The zero-order valence-corrected chi connectivity index (χ0v) is 4.02. The molecule has 34 valence electrons. The van der Waals surface area contributed by atoms with Gasteiger partial charge in [-0.25, -0.2) is 0 Å². The Balaban J connectivity index is 1.90. The molecule has 0 atom stereocenters. The Labute approximate surface area is 38.3 Å². The highest BCUT2D eigenvalue weighted by molar-refractivity contribution is 4.99. The summed E-state index contributed by atoms with van der Waals surface area (Å²) in [5, 5.41) is 0. The molecule has 0 saturated heterocycles. The fourth-order valence-electron chi connectivity index (χ4n) is 0.454. The van der Waals surface area contributed by atoms with E-state index in [-0.39, 0.29) is 0 Å². The maximum Gasteiger partial charge on any atom is 0.0218 e. The molecule has 0 aromatic carbocycles. The maximum absolute atomic E-state index is 2.18. The number of hydrogen-bond acceptors (Lipinski definition) is 1. The topological polar surface area (TPSA) is 3.01 Å². The summed E-state index contributed by atoms with van der Waals surface area (Å²) in [5.74, 6) is 0. The summed E-state index contributed by atoms with van der Waals surface area (Å²) in [6.07, 6.45) is 5.43. The van der Waals surface area contributed by atoms with Crippen molar-refractivity contribution in [2.75, 3.05) is 6.54 Å². The Morgan fingerprint density at radius 3 is 2.33 bits per heavy atom. The van der Waals surface area contributed by atoms with Crippen molar-refractivity contribution in [1.29, 1.82) is 0 Å². The average molecular weight is 83.1 g/mol. The minimum Gasteiger partial charge on any atom is -0.351 e. The molecule has 0 N–H and O–H groups in total. The fourth-order valence-corrected chi connectivity index (χ4v) is 0.454. The van der Waals surface area contributed by atoms with Crippen LogP contribution in [0.25, 0.3) is 0 Å². The third-order valence-electron chi connectivity index (χ3n) is 0.842. The molecule has 0 spiro atoms. The molecular weight excluding hydrogens is 74.1 g/mol. The van der Waals surface area contributed by atoms with Crippen LogP contribution in [0.1, 0.15) is 13.3 Å². The largest absolute Gasteiger partial charge is 0.351 e. The fraction of sp³-hybridized carbons (Fsp3) is 0.600. The van der Waals surface area contributed by atoms with Crippen molar-refractivity contribution >= 4 is 0 Å². The molecule has 1 rings (SSSR count). The Bertz CT molecular complexity index is 60.3. The first-order valence-corrected chi connectivity index (χ1v) is 2.37. The smallest absolute Gasteiger partial charge is 0.0218 e. The van der Waals surface area contributed by atoms with E-state index in [0.717, 1.165) is 0 Å². The number of rotatable bonds is 2. The van der Waals surface area contributed by atoms with Crippen molar-refractivity contribution in [3.05, 3.63) is 12.4 Å². The van der Waals surface area contributed by atoms with Crippen LogP contribution in [0.2, 0.25) is 0 Å². The minimum absolute atomic E-state index is 1.21. The third-order valence-corrected chi connectivity index (χ3v) is 0.842. The van der Waals surface area contributed by atoms with Gasteiger partial charge >= 0.3 is 0 Å². The lowest BCUT2D eigenvalue weighted by molar-refractivity contribution is 0.593. The number of nitrogens with zero attached hydrogens (tertiary/aromatic N) is 1. The van der Waals surface area contributed by atoms with Crippen molar-refractivity contribution in [3.8, 4) is 0 Å². The van der Waals surface area contributed by atoms with E-state index in [9.17, 15) is 0 Å². The van der Waals surface area contributed by atoms with Crippen LogP contribution in [0, 0.1) is 0 Å². The minimum atomic E-state index is 1.21. The highest BCUT2D eigenvalue weighted by Gasteiger charge is 1.99. The summed E-state index contributed by atoms with van der Waals surface area (Å²) in [7, 11) is 0. The zero-order chi connectivity index (χ0) is 4.41. The van der Waals surface area contributed by atoms with Gasteiger partial charge in [-0.2, -0.15) is 0 Å². The molecule has 1 heteroatoms. The van der Waals surface area contributed by atoms with E-state index in [1.165, 1.54) is 13.0 Å². The van der Waals surface area contributed by atoms with Gasteiger partial charge in [-0.15, -0.1) is 0 Å². The van der Waals surface area contributed by atoms with Gasteiger partial charge < -0.3 is 4.90 Å². The van der Waals surface area contributed by atoms with Crippen LogP contribution >= 0.6 is 0 Å². The molecule has 0 aromatic heterocycles. The molecule has 0 aliphatic carbocycles. The van der Waals surface area contributed by atoms with Gasteiger partial charge in [-0.05, 0) is 6.42 Å². The lowest BCUT2D eigenvalue weighted by Crippen LogP contribution is -1.94. The van der Waals surface area contributed by atoms with Crippen LogP contribution in [0.15, 0.2) is 12.4 Å². The molecule has 0 radical (unpaired) electrons. The van der Waals surface area contributed by atoms with E-state index in [4.69, 9.17) is 0 Å². The van der Waals surface area contributed by atoms with Crippen molar-refractivity contribution < 1.29 is 0 Å². The monoisotopic (exact) mass is 83.1 g/mol. The van der Waals surface area contributed by atoms with Crippen LogP contribution in [-0.2, 0) is 0 Å². The first-order valence-electron chi connectivity index (χ1n) is 2.37. The normalized spacial score (nSPS) is 15.8. The summed E-state index contributed by atoms with van der Waals surface area (Å²) < 4.78 is 0. The van der Waals surface area contributed by atoms with Crippen molar-refractivity contribution in [2.24, 2.45) is 0 Å². The predicted octanol–water partition coefficient (Wildman–Crippen LogP) is 1.18. The predicted molar refractivity (Wildman–Crippen MR) is 26.1 cm³/mol. The van der Waals surface area contributed by atoms with Gasteiger partial charge in [0.15, 0.2) is 0 Å². The Hall–Kier alpha value is -0.460. The molecule has 0 aromatic rings. The number of hydrogen-bond donors (Lipinski definition) is 0. The highest BCUT2D eigenvalue weighted by Crippen LogP contribution is 2.04. The van der Waals surface area contributed by atoms with Crippen LogP contribution in [0.5, 0.6) is 0 Å². The molecule has 1 aliphatic heterocycles. The highest BCUT2D eigenvalue weighted by atomic mass is 15.2. The van der Waals surface area contributed by atoms with Gasteiger partial charge in [0.05, 0.1) is 0 Å². The second-order valence-corrected chi connectivity index (χ2v) is 1.54. The summed E-state index contributed by atoms with van der Waals surface area (Å²) in [6, 6.07) is 0. The molecule has 0 amide bonds. The summed E-state index contributed by atoms with van der Waals surface area (Å²) >= 11 is 0. The SMILES string of the molecule is CCCN1C=C1. The van der Waals surface area contributed by atoms with Gasteiger partial charge in [0, 0.05) is 18.9 Å². The molecule has 1 heterocycles. The first-order chi connectivity index (χ1) is 2.93. The molecule has 6 heavy (non-hydrogen) atoms. The molecule has 1 nitrogen and oxygen atoms in total. The average Bonchev–Trinajstić information content (AvgIpc) is 2.21. The Morgan fingerprint density at radius 2 is 2.17 bits per heavy atom. The van der Waals surface area contributed by atoms with Gasteiger partial charge in [-0.1, -0.05) is 6.92 Å². The molecule has 1 aliphatic rings. The van der Waals surface area contributed by atoms with E-state index < -0.39 is 0 Å². The molecular formula is C5H9N. The van der Waals surface area contributed by atoms with E-state index in [1.807, 2.05) is 0 Å². The van der Waals surface area contributed by atoms with Gasteiger partial charge in [-0.3, -0.25) is 0 Å². The lowest BCUT2D eigenvalue weighted by Gasteiger charge is -1.93. The zero-order valence-electron chi connectivity index (χ0n) is 4.02. The first kappa shape index (κ1) is 3.72. The second-order valence-electron chi connectivity index (χ2n) is 1.54. The summed E-state index contributed by atoms with van der Waals surface area (Å²) in [5.41, 5.74) is 0. The quantitative estimate of drug-likeness (QED) is 0.484. The van der Waals surface area contributed by atoms with Crippen LogP contribution in [0.3, 0.4) is 0 Å². The summed E-state index contributed by atoms with van der Waals surface area (Å²) in [4.78, 5) is 2.18. The maximum atomic E-state index is 2.18. The van der Waals surface area contributed by atoms with Crippen molar-refractivity contribution in [2.45, 2.75) is 13.3 Å². The Kier molecular flexibility index (Phi) is 0.825. The molecule has 0 unspecified atom stereocenters. The van der Waals surface area contributed by atoms with Crippen LogP contribution in [-0.4, -0.2) is 11.4 Å². The Morgan fingerprint density at radius 1 is 1.50 bits per heavy atom. The van der Waals surface area contributed by atoms with Crippen molar-refractivity contribution in [1.82, 2.24) is 4.90 Å². The molecule has 0 saturated carbocycles. The van der Waals surface area contributed by atoms with Crippen LogP contribution in [0.4, 0.5) is 0 Å². The van der Waals surface area contributed by atoms with E-state index in [0.29, 0.717) is 0 Å². The van der Waals surface area contributed by atoms with E-state index >= 15 is 0 Å². The van der Waals surface area contributed by atoms with Gasteiger partial charge in [0.25, 0.3) is 0 Å². The summed E-state index contributed by atoms with van der Waals surface area (Å²) in [6.45, 7) is 3.39. The lowest BCUT2D eigenvalue weighted by atomic mass is 10.5. The molecule has 0 bridgehead atoms. The van der Waals surface area contributed by atoms with E-state index in [1.54, 1.807) is 0 Å². The van der Waals surface area contributed by atoms with Gasteiger partial charge in [0.1, 0.15) is 0 Å². The van der Waals surface area contributed by atoms with Gasteiger partial charge in [0.2, 0.25) is 0 Å². The van der Waals surface area contributed by atoms with Crippen molar-refractivity contribution in [3.63, 3.8) is 0 Å². The third kappa shape index (κ3) is 0.744. The second kappa shape index (κ2) is 1.33. The standard InChI is InChI=1S/C5H9N/c1-2-3-6-4-5-6/h4-5H,2-3H2,1H3. The molecule has 0 fully saturated rings. The van der Waals surface area contributed by atoms with Crippen LogP contribution < -0.4 is 0 Å². The van der Waals surface area contributed by atoms with E-state index in [2.05, 4.69) is 24.2 Å².